The van der Waals surface area contributed by atoms with Gasteiger partial charge in [-0.25, -0.2) is 4.39 Å². The minimum atomic E-state index is -0.682. The Bertz CT molecular complexity index is 365. The molecule has 2 nitrogen and oxygen atoms in total. The summed E-state index contributed by atoms with van der Waals surface area (Å²) in [5.41, 5.74) is 0.293. The molecule has 1 rings (SSSR count). The number of likely N-dealkylation sites (N-methyl/N-ethyl adjacent to an activating group) is 1. The second-order valence-corrected chi connectivity index (χ2v) is 4.96. The van der Waals surface area contributed by atoms with Gasteiger partial charge in [-0.15, -0.1) is 0 Å². The van der Waals surface area contributed by atoms with Gasteiger partial charge in [0, 0.05) is 13.1 Å². The summed E-state index contributed by atoms with van der Waals surface area (Å²) in [7, 11) is 1.95. The molecule has 0 radical (unpaired) electrons. The molecule has 3 heteroatoms. The van der Waals surface area contributed by atoms with Crippen molar-refractivity contribution in [2.75, 3.05) is 20.1 Å². The van der Waals surface area contributed by atoms with E-state index in [-0.39, 0.29) is 5.82 Å². The highest BCUT2D eigenvalue weighted by Gasteiger charge is 2.14. The first-order valence-electron chi connectivity index (χ1n) is 5.70. The fraction of sp³-hybridized carbons (Fsp3) is 0.429. The summed E-state index contributed by atoms with van der Waals surface area (Å²) in [5, 5.41) is 9.63. The zero-order valence-electron chi connectivity index (χ0n) is 10.7. The lowest BCUT2D eigenvalue weighted by atomic mass is 10.1. The molecule has 1 N–H and O–H groups in total. The fourth-order valence-corrected chi connectivity index (χ4v) is 1.67. The largest absolute Gasteiger partial charge is 0.389 e. The van der Waals surface area contributed by atoms with Crippen LogP contribution >= 0.6 is 0 Å². The first-order chi connectivity index (χ1) is 7.87. The predicted molar refractivity (Wildman–Crippen MR) is 69.2 cm³/mol. The maximum Gasteiger partial charge on any atom is 0.123 e. The van der Waals surface area contributed by atoms with Crippen molar-refractivity contribution in [2.24, 2.45) is 0 Å². The summed E-state index contributed by atoms with van der Waals surface area (Å²) >= 11 is 0. The van der Waals surface area contributed by atoms with Gasteiger partial charge in [-0.2, -0.15) is 0 Å². The van der Waals surface area contributed by atoms with Crippen molar-refractivity contribution in [3.05, 3.63) is 41.7 Å². The molecule has 0 unspecified atom stereocenters. The normalized spacial score (nSPS) is 12.6. The van der Waals surface area contributed by atoms with Gasteiger partial charge < -0.3 is 5.11 Å². The number of halogens is 1. The molecule has 0 amide bonds. The molecule has 0 atom stereocenters. The average Bonchev–Trinajstić information content (AvgIpc) is 2.18. The minimum Gasteiger partial charge on any atom is -0.389 e. The van der Waals surface area contributed by atoms with Crippen LogP contribution < -0.4 is 0 Å². The average molecular weight is 237 g/mol. The van der Waals surface area contributed by atoms with E-state index in [9.17, 15) is 9.50 Å². The van der Waals surface area contributed by atoms with Crippen molar-refractivity contribution in [1.82, 2.24) is 4.90 Å². The molecule has 0 aromatic heterocycles. The van der Waals surface area contributed by atoms with Gasteiger partial charge in [0.1, 0.15) is 5.82 Å². The van der Waals surface area contributed by atoms with Crippen LogP contribution in [0.3, 0.4) is 0 Å². The molecule has 0 bridgehead atoms. The zero-order chi connectivity index (χ0) is 12.9. The Balaban J connectivity index is 2.42. The second kappa shape index (κ2) is 5.94. The third kappa shape index (κ3) is 6.19. The SMILES string of the molecule is CN(C/C=C/c1ccc(F)cc1)CC(C)(C)O. The lowest BCUT2D eigenvalue weighted by molar-refractivity contribution is 0.0480. The molecular formula is C14H20FNO. The van der Waals surface area contributed by atoms with Crippen LogP contribution in [-0.2, 0) is 0 Å². The Labute approximate surface area is 102 Å². The van der Waals surface area contributed by atoms with Crippen molar-refractivity contribution in [1.29, 1.82) is 0 Å². The van der Waals surface area contributed by atoms with E-state index in [1.54, 1.807) is 26.0 Å². The predicted octanol–water partition coefficient (Wildman–Crippen LogP) is 2.54. The summed E-state index contributed by atoms with van der Waals surface area (Å²) in [5.74, 6) is -0.221. The molecule has 0 heterocycles. The lowest BCUT2D eigenvalue weighted by Crippen LogP contribution is -2.36. The van der Waals surface area contributed by atoms with Crippen LogP contribution in [0.5, 0.6) is 0 Å². The molecule has 1 aromatic carbocycles. The molecule has 0 aliphatic rings. The number of hydrogen-bond acceptors (Lipinski definition) is 2. The van der Waals surface area contributed by atoms with Gasteiger partial charge in [-0.05, 0) is 38.6 Å². The van der Waals surface area contributed by atoms with Crippen LogP contribution in [-0.4, -0.2) is 35.7 Å². The molecule has 17 heavy (non-hydrogen) atoms. The highest BCUT2D eigenvalue weighted by Crippen LogP contribution is 2.06. The van der Waals surface area contributed by atoms with Crippen LogP contribution in [0.2, 0.25) is 0 Å². The van der Waals surface area contributed by atoms with Crippen LogP contribution in [0.1, 0.15) is 19.4 Å². The van der Waals surface area contributed by atoms with Crippen molar-refractivity contribution >= 4 is 6.08 Å². The fourth-order valence-electron chi connectivity index (χ4n) is 1.67. The van der Waals surface area contributed by atoms with Crippen molar-refractivity contribution in [3.63, 3.8) is 0 Å². The van der Waals surface area contributed by atoms with Crippen LogP contribution in [0.25, 0.3) is 6.08 Å². The summed E-state index contributed by atoms with van der Waals surface area (Å²) < 4.78 is 12.7. The van der Waals surface area contributed by atoms with Crippen molar-refractivity contribution in [3.8, 4) is 0 Å². The third-order valence-electron chi connectivity index (χ3n) is 2.25. The van der Waals surface area contributed by atoms with Gasteiger partial charge in [0.2, 0.25) is 0 Å². The smallest absolute Gasteiger partial charge is 0.123 e. The van der Waals surface area contributed by atoms with Crippen LogP contribution in [0, 0.1) is 5.82 Å². The third-order valence-corrected chi connectivity index (χ3v) is 2.25. The van der Waals surface area contributed by atoms with Crippen molar-refractivity contribution < 1.29 is 9.50 Å². The first kappa shape index (κ1) is 13.9. The summed E-state index contributed by atoms with van der Waals surface area (Å²) in [6, 6.07) is 6.37. The van der Waals surface area contributed by atoms with Gasteiger partial charge in [0.05, 0.1) is 5.60 Å². The Morgan fingerprint density at radius 1 is 1.29 bits per heavy atom. The van der Waals surface area contributed by atoms with Gasteiger partial charge >= 0.3 is 0 Å². The summed E-state index contributed by atoms with van der Waals surface area (Å²) in [6.07, 6.45) is 3.94. The molecule has 0 saturated heterocycles. The van der Waals surface area contributed by atoms with Gasteiger partial charge in [0.15, 0.2) is 0 Å². The van der Waals surface area contributed by atoms with Crippen LogP contribution in [0.4, 0.5) is 4.39 Å². The maximum atomic E-state index is 12.7. The number of benzene rings is 1. The van der Waals surface area contributed by atoms with E-state index in [1.807, 2.05) is 24.1 Å². The van der Waals surface area contributed by atoms with E-state index in [4.69, 9.17) is 0 Å². The first-order valence-corrected chi connectivity index (χ1v) is 5.70. The standard InChI is InChI=1S/C14H20FNO/c1-14(2,17)11-16(3)10-4-5-12-6-8-13(15)9-7-12/h4-9,17H,10-11H2,1-3H3/b5-4+. The lowest BCUT2D eigenvalue weighted by Gasteiger charge is -2.24. The zero-order valence-corrected chi connectivity index (χ0v) is 10.7. The van der Waals surface area contributed by atoms with Gasteiger partial charge in [-0.1, -0.05) is 24.3 Å². The Hall–Kier alpha value is -1.19. The van der Waals surface area contributed by atoms with E-state index in [1.165, 1.54) is 12.1 Å². The molecule has 0 aliphatic heterocycles. The van der Waals surface area contributed by atoms with E-state index in [0.717, 1.165) is 12.1 Å². The molecule has 94 valence electrons. The molecule has 0 saturated carbocycles. The highest BCUT2D eigenvalue weighted by atomic mass is 19.1. The Kier molecular flexibility index (Phi) is 4.85. The van der Waals surface area contributed by atoms with E-state index >= 15 is 0 Å². The summed E-state index contributed by atoms with van der Waals surface area (Å²) in [4.78, 5) is 2.03. The second-order valence-electron chi connectivity index (χ2n) is 4.96. The Morgan fingerprint density at radius 3 is 2.41 bits per heavy atom. The van der Waals surface area contributed by atoms with E-state index in [2.05, 4.69) is 0 Å². The number of aliphatic hydroxyl groups is 1. The minimum absolute atomic E-state index is 0.221. The Morgan fingerprint density at radius 2 is 1.88 bits per heavy atom. The number of nitrogens with zero attached hydrogens (tertiary/aromatic N) is 1. The highest BCUT2D eigenvalue weighted by molar-refractivity contribution is 5.48. The van der Waals surface area contributed by atoms with Crippen LogP contribution in [0.15, 0.2) is 30.3 Å². The topological polar surface area (TPSA) is 23.5 Å². The number of rotatable bonds is 5. The molecular weight excluding hydrogens is 217 g/mol. The molecule has 0 aliphatic carbocycles. The quantitative estimate of drug-likeness (QED) is 0.850. The molecule has 0 fully saturated rings. The molecule has 0 spiro atoms. The van der Waals surface area contributed by atoms with E-state index < -0.39 is 5.60 Å². The monoisotopic (exact) mass is 237 g/mol. The maximum absolute atomic E-state index is 12.7. The van der Waals surface area contributed by atoms with Gasteiger partial charge in [-0.3, -0.25) is 4.90 Å². The van der Waals surface area contributed by atoms with Gasteiger partial charge in [0.25, 0.3) is 0 Å². The molecule has 1 aromatic rings. The van der Waals surface area contributed by atoms with E-state index in [0.29, 0.717) is 6.54 Å². The van der Waals surface area contributed by atoms with Crippen molar-refractivity contribution in [2.45, 2.75) is 19.4 Å². The summed E-state index contributed by atoms with van der Waals surface area (Å²) in [6.45, 7) is 4.93. The number of hydrogen-bond donors (Lipinski definition) is 1.